The van der Waals surface area contributed by atoms with Gasteiger partial charge in [-0.2, -0.15) is 0 Å². The van der Waals surface area contributed by atoms with Crippen LogP contribution < -0.4 is 0 Å². The summed E-state index contributed by atoms with van der Waals surface area (Å²) in [5.41, 5.74) is 0.424. The maximum absolute atomic E-state index is 13.4. The summed E-state index contributed by atoms with van der Waals surface area (Å²) in [6.45, 7) is 3.98. The van der Waals surface area contributed by atoms with Gasteiger partial charge in [-0.05, 0) is 24.0 Å². The summed E-state index contributed by atoms with van der Waals surface area (Å²) in [5.74, 6) is 0.230. The number of alkyl halides is 1. The SMILES string of the molecule is CC(C)(CCl)Cc1c(F)cccc1Cl. The zero-order chi connectivity index (χ0) is 10.8. The van der Waals surface area contributed by atoms with E-state index in [0.29, 0.717) is 22.9 Å². The molecular weight excluding hydrogens is 222 g/mol. The third-order valence-corrected chi connectivity index (χ3v) is 3.16. The Labute approximate surface area is 94.0 Å². The number of halogens is 3. The highest BCUT2D eigenvalue weighted by Crippen LogP contribution is 2.29. The first-order valence-corrected chi connectivity index (χ1v) is 5.36. The lowest BCUT2D eigenvalue weighted by molar-refractivity contribution is 0.409. The smallest absolute Gasteiger partial charge is 0.127 e. The summed E-state index contributed by atoms with van der Waals surface area (Å²) in [6.07, 6.45) is 0.558. The fraction of sp³-hybridized carbons (Fsp3) is 0.455. The molecule has 0 atom stereocenters. The molecule has 0 heterocycles. The Balaban J connectivity index is 2.97. The van der Waals surface area contributed by atoms with Crippen LogP contribution in [0, 0.1) is 11.2 Å². The zero-order valence-electron chi connectivity index (χ0n) is 8.28. The summed E-state index contributed by atoms with van der Waals surface area (Å²) in [7, 11) is 0. The highest BCUT2D eigenvalue weighted by molar-refractivity contribution is 6.31. The number of rotatable bonds is 3. The van der Waals surface area contributed by atoms with Gasteiger partial charge in [0, 0.05) is 16.5 Å². The monoisotopic (exact) mass is 234 g/mol. The van der Waals surface area contributed by atoms with Crippen molar-refractivity contribution in [1.82, 2.24) is 0 Å². The highest BCUT2D eigenvalue weighted by atomic mass is 35.5. The fourth-order valence-corrected chi connectivity index (χ4v) is 1.55. The maximum atomic E-state index is 13.4. The van der Waals surface area contributed by atoms with Gasteiger partial charge in [0.05, 0.1) is 0 Å². The van der Waals surface area contributed by atoms with Crippen LogP contribution in [0.25, 0.3) is 0 Å². The first kappa shape index (κ1) is 11.8. The molecule has 0 bridgehead atoms. The molecule has 1 aromatic rings. The molecule has 1 aromatic carbocycles. The van der Waals surface area contributed by atoms with Crippen molar-refractivity contribution in [3.05, 3.63) is 34.6 Å². The second-order valence-corrected chi connectivity index (χ2v) is 4.85. The molecule has 0 aliphatic heterocycles. The van der Waals surface area contributed by atoms with E-state index in [4.69, 9.17) is 23.2 Å². The lowest BCUT2D eigenvalue weighted by Crippen LogP contribution is -2.17. The van der Waals surface area contributed by atoms with E-state index in [9.17, 15) is 4.39 Å². The number of hydrogen-bond acceptors (Lipinski definition) is 0. The van der Waals surface area contributed by atoms with E-state index in [-0.39, 0.29) is 11.2 Å². The van der Waals surface area contributed by atoms with Crippen molar-refractivity contribution in [2.24, 2.45) is 5.41 Å². The minimum atomic E-state index is -0.254. The predicted molar refractivity (Wildman–Crippen MR) is 59.6 cm³/mol. The summed E-state index contributed by atoms with van der Waals surface area (Å²) >= 11 is 11.7. The molecule has 0 amide bonds. The molecule has 1 rings (SSSR count). The molecule has 0 unspecified atom stereocenters. The van der Waals surface area contributed by atoms with Crippen LogP contribution in [0.1, 0.15) is 19.4 Å². The third-order valence-electron chi connectivity index (χ3n) is 2.08. The van der Waals surface area contributed by atoms with Crippen molar-refractivity contribution in [2.45, 2.75) is 20.3 Å². The zero-order valence-corrected chi connectivity index (χ0v) is 9.79. The second-order valence-electron chi connectivity index (χ2n) is 4.17. The largest absolute Gasteiger partial charge is 0.207 e. The molecule has 0 spiro atoms. The van der Waals surface area contributed by atoms with Gasteiger partial charge in [0.1, 0.15) is 5.82 Å². The normalized spacial score (nSPS) is 11.8. The van der Waals surface area contributed by atoms with Crippen LogP contribution in [0.4, 0.5) is 4.39 Å². The van der Waals surface area contributed by atoms with Gasteiger partial charge in [-0.25, -0.2) is 4.39 Å². The molecule has 0 aliphatic carbocycles. The average molecular weight is 235 g/mol. The second kappa shape index (κ2) is 4.50. The summed E-state index contributed by atoms with van der Waals surface area (Å²) in [5, 5.41) is 0.475. The van der Waals surface area contributed by atoms with Crippen molar-refractivity contribution in [3.63, 3.8) is 0 Å². The van der Waals surface area contributed by atoms with Gasteiger partial charge < -0.3 is 0 Å². The van der Waals surface area contributed by atoms with Crippen molar-refractivity contribution < 1.29 is 4.39 Å². The van der Waals surface area contributed by atoms with Gasteiger partial charge in [-0.3, -0.25) is 0 Å². The first-order chi connectivity index (χ1) is 6.46. The predicted octanol–water partition coefficient (Wildman–Crippen LogP) is 4.29. The average Bonchev–Trinajstić information content (AvgIpc) is 2.12. The van der Waals surface area contributed by atoms with Gasteiger partial charge in [-0.15, -0.1) is 11.6 Å². The van der Waals surface area contributed by atoms with Crippen LogP contribution in [0.2, 0.25) is 5.02 Å². The molecule has 0 saturated carbocycles. The Morgan fingerprint density at radius 2 is 2.00 bits per heavy atom. The number of benzene rings is 1. The van der Waals surface area contributed by atoms with E-state index in [1.165, 1.54) is 6.07 Å². The first-order valence-electron chi connectivity index (χ1n) is 4.45. The topological polar surface area (TPSA) is 0 Å². The van der Waals surface area contributed by atoms with Crippen LogP contribution in [0.5, 0.6) is 0 Å². The molecule has 0 aliphatic rings. The summed E-state index contributed by atoms with van der Waals surface area (Å²) < 4.78 is 13.4. The van der Waals surface area contributed by atoms with Crippen molar-refractivity contribution in [1.29, 1.82) is 0 Å². The van der Waals surface area contributed by atoms with Crippen LogP contribution in [-0.4, -0.2) is 5.88 Å². The fourth-order valence-electron chi connectivity index (χ4n) is 1.23. The lowest BCUT2D eigenvalue weighted by atomic mass is 9.87. The van der Waals surface area contributed by atoms with E-state index in [1.807, 2.05) is 13.8 Å². The lowest BCUT2D eigenvalue weighted by Gasteiger charge is -2.22. The van der Waals surface area contributed by atoms with Gasteiger partial charge in [-0.1, -0.05) is 31.5 Å². The standard InChI is InChI=1S/C11H13Cl2F/c1-11(2,7-12)6-8-9(13)4-3-5-10(8)14/h3-5H,6-7H2,1-2H3. The number of hydrogen-bond donors (Lipinski definition) is 0. The molecule has 0 saturated heterocycles. The van der Waals surface area contributed by atoms with Gasteiger partial charge in [0.25, 0.3) is 0 Å². The quantitative estimate of drug-likeness (QED) is 0.685. The molecule has 0 fully saturated rings. The molecule has 0 nitrogen and oxygen atoms in total. The van der Waals surface area contributed by atoms with Crippen molar-refractivity contribution >= 4 is 23.2 Å². The van der Waals surface area contributed by atoms with E-state index in [0.717, 1.165) is 0 Å². The maximum Gasteiger partial charge on any atom is 0.127 e. The van der Waals surface area contributed by atoms with Gasteiger partial charge >= 0.3 is 0 Å². The van der Waals surface area contributed by atoms with Crippen LogP contribution in [0.15, 0.2) is 18.2 Å². The minimum absolute atomic E-state index is 0.132. The van der Waals surface area contributed by atoms with E-state index >= 15 is 0 Å². The van der Waals surface area contributed by atoms with Crippen molar-refractivity contribution in [3.8, 4) is 0 Å². The van der Waals surface area contributed by atoms with Gasteiger partial charge in [0.2, 0.25) is 0 Å². The Morgan fingerprint density at radius 3 is 2.50 bits per heavy atom. The van der Waals surface area contributed by atoms with Crippen molar-refractivity contribution in [2.75, 3.05) is 5.88 Å². The summed E-state index contributed by atoms with van der Waals surface area (Å²) in [6, 6.07) is 4.73. The molecule has 78 valence electrons. The van der Waals surface area contributed by atoms with E-state index in [1.54, 1.807) is 12.1 Å². The molecule has 0 aromatic heterocycles. The van der Waals surface area contributed by atoms with Gasteiger partial charge in [0.15, 0.2) is 0 Å². The van der Waals surface area contributed by atoms with Crippen LogP contribution >= 0.6 is 23.2 Å². The highest BCUT2D eigenvalue weighted by Gasteiger charge is 2.20. The van der Waals surface area contributed by atoms with E-state index in [2.05, 4.69) is 0 Å². The third kappa shape index (κ3) is 2.86. The molecule has 0 N–H and O–H groups in total. The molecule has 0 radical (unpaired) electrons. The molecule has 3 heteroatoms. The Bertz CT molecular complexity index is 301. The van der Waals surface area contributed by atoms with Crippen LogP contribution in [-0.2, 0) is 6.42 Å². The molecular formula is C11H13Cl2F. The molecule has 14 heavy (non-hydrogen) atoms. The van der Waals surface area contributed by atoms with E-state index < -0.39 is 0 Å². The Morgan fingerprint density at radius 1 is 1.36 bits per heavy atom. The Hall–Kier alpha value is -0.270. The minimum Gasteiger partial charge on any atom is -0.207 e. The summed E-state index contributed by atoms with van der Waals surface area (Å²) in [4.78, 5) is 0. The Kier molecular flexibility index (Phi) is 3.79. The van der Waals surface area contributed by atoms with Crippen LogP contribution in [0.3, 0.4) is 0 Å².